The van der Waals surface area contributed by atoms with Crippen molar-refractivity contribution in [1.82, 2.24) is 9.88 Å². The Balaban J connectivity index is 1.41. The van der Waals surface area contributed by atoms with Gasteiger partial charge in [0.15, 0.2) is 0 Å². The fraction of sp³-hybridized carbons (Fsp3) is 0.586. The van der Waals surface area contributed by atoms with Crippen LogP contribution in [0.2, 0.25) is 0 Å². The molecule has 5 unspecified atom stereocenters. The molecule has 3 saturated heterocycles. The number of piperidine rings is 3. The number of pyridine rings is 1. The maximum Gasteiger partial charge on any atom is 0.309 e. The van der Waals surface area contributed by atoms with Crippen molar-refractivity contribution in [3.05, 3.63) is 54.7 Å². The summed E-state index contributed by atoms with van der Waals surface area (Å²) >= 11 is 0. The van der Waals surface area contributed by atoms with Gasteiger partial charge in [-0.25, -0.2) is 0 Å². The third-order valence-corrected chi connectivity index (χ3v) is 8.61. The Bertz CT molecular complexity index is 975. The molecule has 0 N–H and O–H groups in total. The molecule has 0 spiro atoms. The minimum absolute atomic E-state index is 0.0127. The van der Waals surface area contributed by atoms with Crippen LogP contribution in [0.4, 0.5) is 0 Å². The van der Waals surface area contributed by atoms with E-state index >= 15 is 0 Å². The van der Waals surface area contributed by atoms with Crippen LogP contribution in [-0.4, -0.2) is 35.0 Å². The zero-order chi connectivity index (χ0) is 22.8. The van der Waals surface area contributed by atoms with Gasteiger partial charge >= 0.3 is 5.97 Å². The van der Waals surface area contributed by atoms with E-state index in [1.807, 2.05) is 18.3 Å². The highest BCUT2D eigenvalue weighted by atomic mass is 16.5. The van der Waals surface area contributed by atoms with Crippen LogP contribution in [0.1, 0.15) is 70.0 Å². The van der Waals surface area contributed by atoms with E-state index in [2.05, 4.69) is 47.7 Å². The Kier molecular flexibility index (Phi) is 6.82. The smallest absolute Gasteiger partial charge is 0.309 e. The van der Waals surface area contributed by atoms with Gasteiger partial charge in [-0.3, -0.25) is 14.7 Å². The summed E-state index contributed by atoms with van der Waals surface area (Å²) in [6.45, 7) is 8.45. The first-order chi connectivity index (χ1) is 16.2. The molecule has 4 fully saturated rings. The van der Waals surface area contributed by atoms with Gasteiger partial charge in [0.25, 0.3) is 0 Å². The molecule has 4 aliphatic rings. The number of hydrogen-bond donors (Lipinski definition) is 0. The third-order valence-electron chi connectivity index (χ3n) is 8.61. The fourth-order valence-corrected chi connectivity index (χ4v) is 6.72. The molecule has 4 heteroatoms. The standard InChI is InChI=1S/C29H38N2O2/c1-3-7-20-10-12-22(13-11-20)29(32)33-28(25-14-16-30-26-9-6-5-8-24(25)26)27-18-23-15-17-31(27)19-21(23)4-2/h4-6,8-9,14,16,20-23,27-28H,2-3,7,10-13,15,17-19H2,1H3. The zero-order valence-electron chi connectivity index (χ0n) is 20.0. The van der Waals surface area contributed by atoms with E-state index in [1.54, 1.807) is 0 Å². The molecule has 0 radical (unpaired) electrons. The largest absolute Gasteiger partial charge is 0.456 e. The minimum atomic E-state index is -0.243. The summed E-state index contributed by atoms with van der Waals surface area (Å²) in [5, 5.41) is 1.10. The number of rotatable bonds is 7. The second-order valence-electron chi connectivity index (χ2n) is 10.5. The van der Waals surface area contributed by atoms with Crippen LogP contribution in [0.5, 0.6) is 0 Å². The van der Waals surface area contributed by atoms with E-state index in [1.165, 1.54) is 19.3 Å². The van der Waals surface area contributed by atoms with Crippen LogP contribution in [0.25, 0.3) is 10.9 Å². The van der Waals surface area contributed by atoms with Crippen LogP contribution in [0.15, 0.2) is 49.2 Å². The summed E-state index contributed by atoms with van der Waals surface area (Å²) in [5.41, 5.74) is 2.08. The van der Waals surface area contributed by atoms with Gasteiger partial charge in [-0.15, -0.1) is 6.58 Å². The van der Waals surface area contributed by atoms with Crippen molar-refractivity contribution >= 4 is 16.9 Å². The number of ether oxygens (including phenoxy) is 1. The summed E-state index contributed by atoms with van der Waals surface area (Å²) in [6.07, 6.45) is 12.8. The van der Waals surface area contributed by atoms with Crippen LogP contribution in [0.3, 0.4) is 0 Å². The minimum Gasteiger partial charge on any atom is -0.456 e. The van der Waals surface area contributed by atoms with Gasteiger partial charge in [0.2, 0.25) is 0 Å². The molecule has 1 aromatic carbocycles. The summed E-state index contributed by atoms with van der Waals surface area (Å²) in [4.78, 5) is 20.6. The highest BCUT2D eigenvalue weighted by Gasteiger charge is 2.44. The molecular weight excluding hydrogens is 408 g/mol. The normalized spacial score (nSPS) is 32.4. The van der Waals surface area contributed by atoms with Gasteiger partial charge in [0, 0.05) is 23.7 Å². The quantitative estimate of drug-likeness (QED) is 0.369. The number of carbonyl (C=O) groups is 1. The molecule has 0 amide bonds. The molecule has 5 atom stereocenters. The molecule has 33 heavy (non-hydrogen) atoms. The summed E-state index contributed by atoms with van der Waals surface area (Å²) < 4.78 is 6.51. The van der Waals surface area contributed by atoms with E-state index in [4.69, 9.17) is 4.74 Å². The summed E-state index contributed by atoms with van der Waals surface area (Å²) in [7, 11) is 0. The number of aromatic nitrogens is 1. The molecular formula is C29H38N2O2. The number of benzene rings is 1. The van der Waals surface area contributed by atoms with Crippen LogP contribution in [-0.2, 0) is 9.53 Å². The van der Waals surface area contributed by atoms with Crippen molar-refractivity contribution in [2.24, 2.45) is 23.7 Å². The van der Waals surface area contributed by atoms with Gasteiger partial charge in [0.1, 0.15) is 6.10 Å². The molecule has 176 valence electrons. The first kappa shape index (κ1) is 22.6. The lowest BCUT2D eigenvalue weighted by molar-refractivity contribution is -0.163. The Morgan fingerprint density at radius 3 is 2.76 bits per heavy atom. The molecule has 2 bridgehead atoms. The monoisotopic (exact) mass is 446 g/mol. The molecule has 6 rings (SSSR count). The highest BCUT2D eigenvalue weighted by Crippen LogP contribution is 2.44. The predicted molar refractivity (Wildman–Crippen MR) is 133 cm³/mol. The van der Waals surface area contributed by atoms with Crippen molar-refractivity contribution < 1.29 is 9.53 Å². The number of para-hydroxylation sites is 1. The van der Waals surface area contributed by atoms with Crippen LogP contribution >= 0.6 is 0 Å². The number of fused-ring (bicyclic) bond motifs is 4. The molecule has 3 aliphatic heterocycles. The third kappa shape index (κ3) is 4.59. The Morgan fingerprint density at radius 1 is 1.21 bits per heavy atom. The first-order valence-electron chi connectivity index (χ1n) is 13.1. The van der Waals surface area contributed by atoms with Gasteiger partial charge < -0.3 is 4.74 Å². The number of nitrogens with zero attached hydrogens (tertiary/aromatic N) is 2. The summed E-state index contributed by atoms with van der Waals surface area (Å²) in [6, 6.07) is 10.6. The average molecular weight is 447 g/mol. The topological polar surface area (TPSA) is 42.4 Å². The second-order valence-corrected chi connectivity index (χ2v) is 10.5. The van der Waals surface area contributed by atoms with Crippen molar-refractivity contribution in [3.8, 4) is 0 Å². The number of carbonyl (C=O) groups excluding carboxylic acids is 1. The van der Waals surface area contributed by atoms with Gasteiger partial charge in [0.05, 0.1) is 17.5 Å². The maximum absolute atomic E-state index is 13.5. The number of hydrogen-bond acceptors (Lipinski definition) is 4. The lowest BCUT2D eigenvalue weighted by Gasteiger charge is -2.51. The molecule has 4 nitrogen and oxygen atoms in total. The van der Waals surface area contributed by atoms with E-state index in [0.29, 0.717) is 11.8 Å². The molecule has 1 aliphatic carbocycles. The second kappa shape index (κ2) is 9.97. The number of esters is 1. The molecule has 1 saturated carbocycles. The van der Waals surface area contributed by atoms with E-state index < -0.39 is 0 Å². The predicted octanol–water partition coefficient (Wildman–Crippen LogP) is 6.32. The van der Waals surface area contributed by atoms with E-state index in [-0.39, 0.29) is 24.0 Å². The molecule has 2 aromatic rings. The van der Waals surface area contributed by atoms with Crippen molar-refractivity contribution in [2.45, 2.75) is 70.4 Å². The lowest BCUT2D eigenvalue weighted by Crippen LogP contribution is -2.55. The Hall–Kier alpha value is -2.20. The first-order valence-corrected chi connectivity index (χ1v) is 13.1. The Labute approximate surface area is 198 Å². The van der Waals surface area contributed by atoms with E-state index in [9.17, 15) is 4.79 Å². The van der Waals surface area contributed by atoms with Gasteiger partial charge in [-0.05, 0) is 75.0 Å². The Morgan fingerprint density at radius 2 is 2.03 bits per heavy atom. The van der Waals surface area contributed by atoms with Gasteiger partial charge in [-0.1, -0.05) is 44.0 Å². The highest BCUT2D eigenvalue weighted by molar-refractivity contribution is 5.83. The SMILES string of the molecule is C=CC1CN2CCC1CC2C(OC(=O)C1CCC(CCC)CC1)c1ccnc2ccccc12. The van der Waals surface area contributed by atoms with E-state index in [0.717, 1.165) is 67.6 Å². The fourth-order valence-electron chi connectivity index (χ4n) is 6.72. The lowest BCUT2D eigenvalue weighted by atomic mass is 9.73. The molecule has 4 heterocycles. The molecule has 1 aromatic heterocycles. The van der Waals surface area contributed by atoms with Crippen LogP contribution in [0, 0.1) is 23.7 Å². The summed E-state index contributed by atoms with van der Waals surface area (Å²) in [5.74, 6) is 2.03. The maximum atomic E-state index is 13.5. The van der Waals surface area contributed by atoms with Crippen molar-refractivity contribution in [3.63, 3.8) is 0 Å². The van der Waals surface area contributed by atoms with Crippen molar-refractivity contribution in [2.75, 3.05) is 13.1 Å². The zero-order valence-corrected chi connectivity index (χ0v) is 20.0. The van der Waals surface area contributed by atoms with Gasteiger partial charge in [-0.2, -0.15) is 0 Å². The van der Waals surface area contributed by atoms with Crippen LogP contribution < -0.4 is 0 Å². The average Bonchev–Trinajstić information content (AvgIpc) is 2.87. The van der Waals surface area contributed by atoms with Crippen molar-refractivity contribution in [1.29, 1.82) is 0 Å².